The highest BCUT2D eigenvalue weighted by Crippen LogP contribution is 2.22. The van der Waals surface area contributed by atoms with Gasteiger partial charge in [-0.1, -0.05) is 41.9 Å². The number of fused-ring (bicyclic) bond motifs is 1. The second-order valence-corrected chi connectivity index (χ2v) is 4.32. The Labute approximate surface area is 113 Å². The third kappa shape index (κ3) is 2.04. The number of carbonyl (C=O) groups is 1. The number of hydrogen-bond acceptors (Lipinski definition) is 3. The molecule has 0 bridgehead atoms. The normalized spacial score (nSPS) is 10.8. The number of halogens is 1. The molecule has 0 saturated heterocycles. The van der Waals surface area contributed by atoms with Crippen molar-refractivity contribution < 1.29 is 9.90 Å². The van der Waals surface area contributed by atoms with E-state index in [0.29, 0.717) is 16.5 Å². The molecule has 0 radical (unpaired) electrons. The Hall–Kier alpha value is -2.40. The van der Waals surface area contributed by atoms with Gasteiger partial charge in [0.2, 0.25) is 0 Å². The Morgan fingerprint density at radius 2 is 1.95 bits per heavy atom. The number of benzene rings is 1. The van der Waals surface area contributed by atoms with E-state index >= 15 is 0 Å². The van der Waals surface area contributed by atoms with Crippen molar-refractivity contribution in [3.63, 3.8) is 0 Å². The van der Waals surface area contributed by atoms with Crippen LogP contribution in [0.5, 0.6) is 0 Å². The lowest BCUT2D eigenvalue weighted by Crippen LogP contribution is -1.98. The number of aromatic carboxylic acids is 1. The second kappa shape index (κ2) is 4.37. The SMILES string of the molecule is O=C(O)c1cc2nc(-c3ccccc3)cc(Cl)n2n1. The zero-order valence-corrected chi connectivity index (χ0v) is 10.4. The summed E-state index contributed by atoms with van der Waals surface area (Å²) in [6, 6.07) is 12.6. The summed E-state index contributed by atoms with van der Waals surface area (Å²) in [5.74, 6) is -1.11. The molecule has 0 fully saturated rings. The van der Waals surface area contributed by atoms with Gasteiger partial charge in [0.05, 0.1) is 5.69 Å². The molecule has 6 heteroatoms. The number of aromatic nitrogens is 3. The van der Waals surface area contributed by atoms with Crippen LogP contribution in [-0.4, -0.2) is 25.7 Å². The van der Waals surface area contributed by atoms with E-state index in [1.165, 1.54) is 10.6 Å². The molecular weight excluding hydrogens is 266 g/mol. The van der Waals surface area contributed by atoms with Gasteiger partial charge in [-0.2, -0.15) is 5.10 Å². The van der Waals surface area contributed by atoms with Crippen LogP contribution in [0.4, 0.5) is 0 Å². The van der Waals surface area contributed by atoms with Gasteiger partial charge in [-0.15, -0.1) is 0 Å². The van der Waals surface area contributed by atoms with E-state index in [4.69, 9.17) is 16.7 Å². The van der Waals surface area contributed by atoms with Crippen molar-refractivity contribution in [2.24, 2.45) is 0 Å². The minimum atomic E-state index is -1.11. The summed E-state index contributed by atoms with van der Waals surface area (Å²) in [6.45, 7) is 0. The predicted octanol–water partition coefficient (Wildman–Crippen LogP) is 2.75. The maximum Gasteiger partial charge on any atom is 0.356 e. The van der Waals surface area contributed by atoms with Gasteiger partial charge in [0, 0.05) is 17.7 Å². The van der Waals surface area contributed by atoms with Crippen LogP contribution < -0.4 is 0 Å². The fraction of sp³-hybridized carbons (Fsp3) is 0. The zero-order chi connectivity index (χ0) is 13.4. The number of carboxylic acids is 1. The molecule has 0 aliphatic heterocycles. The van der Waals surface area contributed by atoms with Crippen LogP contribution in [0.1, 0.15) is 10.5 Å². The lowest BCUT2D eigenvalue weighted by Gasteiger charge is -2.02. The minimum absolute atomic E-state index is 0.0837. The molecule has 19 heavy (non-hydrogen) atoms. The van der Waals surface area contributed by atoms with Crippen LogP contribution in [0.2, 0.25) is 5.15 Å². The van der Waals surface area contributed by atoms with Crippen LogP contribution in [0.25, 0.3) is 16.9 Å². The maximum atomic E-state index is 10.9. The molecule has 1 aromatic carbocycles. The quantitative estimate of drug-likeness (QED) is 0.729. The van der Waals surface area contributed by atoms with E-state index < -0.39 is 5.97 Å². The summed E-state index contributed by atoms with van der Waals surface area (Å²) in [4.78, 5) is 15.3. The standard InChI is InChI=1S/C13H8ClN3O2/c14-11-6-9(8-4-2-1-3-5-8)15-12-7-10(13(18)19)16-17(11)12/h1-7H,(H,18,19). The number of hydrogen-bond donors (Lipinski definition) is 1. The van der Waals surface area contributed by atoms with Crippen LogP contribution in [-0.2, 0) is 0 Å². The van der Waals surface area contributed by atoms with Gasteiger partial charge in [0.1, 0.15) is 5.15 Å². The lowest BCUT2D eigenvalue weighted by atomic mass is 10.1. The van der Waals surface area contributed by atoms with Gasteiger partial charge in [-0.05, 0) is 0 Å². The topological polar surface area (TPSA) is 67.5 Å². The number of nitrogens with zero attached hydrogens (tertiary/aromatic N) is 3. The molecule has 2 aromatic heterocycles. The summed E-state index contributed by atoms with van der Waals surface area (Å²) in [5, 5.41) is 13.1. The Morgan fingerprint density at radius 1 is 1.21 bits per heavy atom. The second-order valence-electron chi connectivity index (χ2n) is 3.93. The Morgan fingerprint density at radius 3 is 2.63 bits per heavy atom. The average molecular weight is 274 g/mol. The van der Waals surface area contributed by atoms with Crippen molar-refractivity contribution in [1.29, 1.82) is 0 Å². The van der Waals surface area contributed by atoms with Gasteiger partial charge < -0.3 is 5.11 Å². The molecule has 94 valence electrons. The number of carboxylic acid groups (broad SMARTS) is 1. The fourth-order valence-electron chi connectivity index (χ4n) is 1.80. The first-order chi connectivity index (χ1) is 9.15. The first-order valence-electron chi connectivity index (χ1n) is 5.50. The Kier molecular flexibility index (Phi) is 2.68. The lowest BCUT2D eigenvalue weighted by molar-refractivity contribution is 0.0690. The van der Waals surface area contributed by atoms with E-state index in [1.807, 2.05) is 30.3 Å². The molecule has 0 unspecified atom stereocenters. The largest absolute Gasteiger partial charge is 0.476 e. The summed E-state index contributed by atoms with van der Waals surface area (Å²) in [7, 11) is 0. The Bertz CT molecular complexity index is 768. The Balaban J connectivity index is 2.22. The summed E-state index contributed by atoms with van der Waals surface area (Å²) < 4.78 is 1.30. The van der Waals surface area contributed by atoms with Crippen molar-refractivity contribution >= 4 is 23.2 Å². The molecule has 5 nitrogen and oxygen atoms in total. The molecule has 0 aliphatic carbocycles. The average Bonchev–Trinajstić information content (AvgIpc) is 2.84. The summed E-state index contributed by atoms with van der Waals surface area (Å²) in [5.41, 5.74) is 1.91. The molecule has 0 saturated carbocycles. The molecule has 3 aromatic rings. The van der Waals surface area contributed by atoms with E-state index in [0.717, 1.165) is 5.56 Å². The summed E-state index contributed by atoms with van der Waals surface area (Å²) >= 11 is 6.10. The van der Waals surface area contributed by atoms with Crippen molar-refractivity contribution in [2.75, 3.05) is 0 Å². The fourth-order valence-corrected chi connectivity index (χ4v) is 2.03. The van der Waals surface area contributed by atoms with Crippen molar-refractivity contribution in [3.8, 4) is 11.3 Å². The van der Waals surface area contributed by atoms with E-state index in [9.17, 15) is 4.79 Å². The highest BCUT2D eigenvalue weighted by atomic mass is 35.5. The number of rotatable bonds is 2. The molecule has 0 atom stereocenters. The van der Waals surface area contributed by atoms with Crippen molar-refractivity contribution in [2.45, 2.75) is 0 Å². The van der Waals surface area contributed by atoms with Crippen molar-refractivity contribution in [3.05, 3.63) is 53.3 Å². The van der Waals surface area contributed by atoms with E-state index in [-0.39, 0.29) is 5.69 Å². The van der Waals surface area contributed by atoms with Gasteiger partial charge >= 0.3 is 5.97 Å². The molecule has 1 N–H and O–H groups in total. The molecule has 2 heterocycles. The predicted molar refractivity (Wildman–Crippen MR) is 70.4 cm³/mol. The van der Waals surface area contributed by atoms with Gasteiger partial charge in [0.15, 0.2) is 11.3 Å². The third-order valence-electron chi connectivity index (χ3n) is 2.67. The molecule has 0 amide bonds. The highest BCUT2D eigenvalue weighted by Gasteiger charge is 2.13. The van der Waals surface area contributed by atoms with Gasteiger partial charge in [-0.3, -0.25) is 0 Å². The van der Waals surface area contributed by atoms with E-state index in [2.05, 4.69) is 10.1 Å². The molecule has 3 rings (SSSR count). The van der Waals surface area contributed by atoms with E-state index in [1.54, 1.807) is 6.07 Å². The third-order valence-corrected chi connectivity index (χ3v) is 2.94. The van der Waals surface area contributed by atoms with Crippen LogP contribution >= 0.6 is 11.6 Å². The molecule has 0 aliphatic rings. The zero-order valence-electron chi connectivity index (χ0n) is 9.62. The van der Waals surface area contributed by atoms with Crippen molar-refractivity contribution in [1.82, 2.24) is 14.6 Å². The van der Waals surface area contributed by atoms with Gasteiger partial charge in [-0.25, -0.2) is 14.3 Å². The smallest absolute Gasteiger partial charge is 0.356 e. The first-order valence-corrected chi connectivity index (χ1v) is 5.88. The van der Waals surface area contributed by atoms with Crippen LogP contribution in [0.15, 0.2) is 42.5 Å². The monoisotopic (exact) mass is 273 g/mol. The molecule has 0 spiro atoms. The molecular formula is C13H8ClN3O2. The van der Waals surface area contributed by atoms with Gasteiger partial charge in [0.25, 0.3) is 0 Å². The minimum Gasteiger partial charge on any atom is -0.476 e. The highest BCUT2D eigenvalue weighted by molar-refractivity contribution is 6.30. The van der Waals surface area contributed by atoms with Crippen LogP contribution in [0, 0.1) is 0 Å². The first kappa shape index (κ1) is 11.7. The maximum absolute atomic E-state index is 10.9. The van der Waals surface area contributed by atoms with Crippen LogP contribution in [0.3, 0.4) is 0 Å². The summed E-state index contributed by atoms with van der Waals surface area (Å²) in [6.07, 6.45) is 0.